The van der Waals surface area contributed by atoms with Crippen LogP contribution in [0.1, 0.15) is 0 Å². The first-order valence-corrected chi connectivity index (χ1v) is 0.548. The summed E-state index contributed by atoms with van der Waals surface area (Å²) in [6, 6.07) is 0. The summed E-state index contributed by atoms with van der Waals surface area (Å²) in [6.07, 6.45) is 0. The predicted octanol–water partition coefficient (Wildman–Crippen LogP) is 0.197. The normalized spacial score (nSPS) is 2.40. The van der Waals surface area contributed by atoms with Crippen LogP contribution in [0.5, 0.6) is 0 Å². The summed E-state index contributed by atoms with van der Waals surface area (Å²) in [5.74, 6) is 0. The van der Waals surface area contributed by atoms with Gasteiger partial charge in [-0.25, -0.2) is 0 Å². The molecule has 0 fully saturated rings. The molecule has 0 aromatic rings. The van der Waals surface area contributed by atoms with Gasteiger partial charge in [0, 0.05) is 39.0 Å². The van der Waals surface area contributed by atoms with Gasteiger partial charge in [0.25, 0.3) is 0 Å². The fourth-order valence-corrected chi connectivity index (χ4v) is 0. The number of nitrogens with zero attached hydrogens (tertiary/aromatic N) is 1. The molecule has 74 valence electrons. The van der Waals surface area contributed by atoms with E-state index in [1.807, 2.05) is 0 Å². The van der Waals surface area contributed by atoms with Gasteiger partial charge in [-0.05, 0) is 0 Å². The van der Waals surface area contributed by atoms with Gasteiger partial charge in [0.2, 0.25) is 0 Å². The largest absolute Gasteiger partial charge is 0.412 e. The number of rotatable bonds is 0. The third kappa shape index (κ3) is 390. The summed E-state index contributed by atoms with van der Waals surface area (Å²) in [7, 11) is 0. The van der Waals surface area contributed by atoms with E-state index in [1.54, 1.807) is 0 Å². The van der Waals surface area contributed by atoms with Crippen molar-refractivity contribution < 1.29 is 49.5 Å². The van der Waals surface area contributed by atoms with Gasteiger partial charge >= 0.3 is 0 Å². The van der Waals surface area contributed by atoms with E-state index < -0.39 is 5.09 Å². The van der Waals surface area contributed by atoms with Crippen molar-refractivity contribution in [2.24, 2.45) is 0 Å². The van der Waals surface area contributed by atoms with Crippen LogP contribution in [0.15, 0.2) is 0 Å². The van der Waals surface area contributed by atoms with Gasteiger partial charge < -0.3 is 20.8 Å². The summed E-state index contributed by atoms with van der Waals surface area (Å²) in [6.45, 7) is 0. The Balaban J connectivity index is -0.00000000300. The molecule has 0 saturated carbocycles. The minimum atomic E-state index is -1.75. The molecule has 0 aliphatic heterocycles. The average molecular weight is 395 g/mol. The first kappa shape index (κ1) is 65.1. The van der Waals surface area contributed by atoms with Crippen LogP contribution in [0.4, 0.5) is 0 Å². The second-order valence-corrected chi connectivity index (χ2v) is 0.224. The zero-order chi connectivity index (χ0) is 3.58. The van der Waals surface area contributed by atoms with Crippen LogP contribution < -0.4 is 0 Å². The molecule has 0 rings (SSSR count). The maximum absolute atomic E-state index is 8.25. The van der Waals surface area contributed by atoms with Crippen molar-refractivity contribution in [1.82, 2.24) is 0 Å². The molecule has 0 bridgehead atoms. The molecule has 10 heavy (non-hydrogen) atoms. The third-order valence-corrected chi connectivity index (χ3v) is 0. The van der Waals surface area contributed by atoms with Crippen LogP contribution in [0.25, 0.3) is 0 Å². The predicted molar refractivity (Wildman–Crippen MR) is 35.7 cm³/mol. The first-order valence-electron chi connectivity index (χ1n) is 0.548. The van der Waals surface area contributed by atoms with Crippen LogP contribution >= 0.6 is 37.2 Å². The Morgan fingerprint density at radius 2 is 0.900 bits per heavy atom. The number of halogens is 3. The maximum atomic E-state index is 8.25. The SMILES string of the molecule is Cl.Cl.Cl.O.O=[N+]([O-])[O-].[Rh].[Rh]. The van der Waals surface area contributed by atoms with Crippen molar-refractivity contribution in [1.29, 1.82) is 0 Å². The van der Waals surface area contributed by atoms with Crippen molar-refractivity contribution >= 4 is 37.2 Å². The Hall–Kier alpha value is 1.28. The molecule has 0 aliphatic rings. The Morgan fingerprint density at radius 3 is 0.900 bits per heavy atom. The molecule has 0 heterocycles. The molecule has 0 atom stereocenters. The zero-order valence-electron chi connectivity index (χ0n) is 4.06. The van der Waals surface area contributed by atoms with Gasteiger partial charge in [0.1, 0.15) is 0 Å². The minimum Gasteiger partial charge on any atom is -0.412 e. The molecule has 0 saturated heterocycles. The van der Waals surface area contributed by atoms with E-state index in [0.29, 0.717) is 0 Å². The van der Waals surface area contributed by atoms with Crippen LogP contribution in [0.3, 0.4) is 0 Å². The van der Waals surface area contributed by atoms with Gasteiger partial charge in [0.05, 0.1) is 5.09 Å². The Morgan fingerprint density at radius 1 is 0.900 bits per heavy atom. The number of hydrogen-bond acceptors (Lipinski definition) is 3. The van der Waals surface area contributed by atoms with Gasteiger partial charge in [-0.15, -0.1) is 37.2 Å². The van der Waals surface area contributed by atoms with E-state index in [0.717, 1.165) is 0 Å². The molecule has 2 radical (unpaired) electrons. The van der Waals surface area contributed by atoms with Crippen molar-refractivity contribution in [3.8, 4) is 0 Å². The molecule has 0 unspecified atom stereocenters. The van der Waals surface area contributed by atoms with E-state index in [1.165, 1.54) is 0 Å². The first-order chi connectivity index (χ1) is 1.73. The summed E-state index contributed by atoms with van der Waals surface area (Å²) >= 11 is 0. The van der Waals surface area contributed by atoms with E-state index in [9.17, 15) is 0 Å². The van der Waals surface area contributed by atoms with Gasteiger partial charge in [0.15, 0.2) is 0 Å². The van der Waals surface area contributed by atoms with E-state index in [4.69, 9.17) is 15.3 Å². The molecular weight excluding hydrogens is 390 g/mol. The van der Waals surface area contributed by atoms with Crippen molar-refractivity contribution in [3.05, 3.63) is 15.3 Å². The van der Waals surface area contributed by atoms with Crippen molar-refractivity contribution in [2.45, 2.75) is 0 Å². The van der Waals surface area contributed by atoms with Gasteiger partial charge in [-0.3, -0.25) is 0 Å². The van der Waals surface area contributed by atoms with E-state index in [-0.39, 0.29) is 81.7 Å². The number of hydrogen-bond donors (Lipinski definition) is 0. The smallest absolute Gasteiger partial charge is 0.0689 e. The molecule has 0 aliphatic carbocycles. The molecular formula is H5Cl3NO4Rh2-. The van der Waals surface area contributed by atoms with Crippen molar-refractivity contribution in [3.63, 3.8) is 0 Å². The van der Waals surface area contributed by atoms with Crippen molar-refractivity contribution in [2.75, 3.05) is 0 Å². The van der Waals surface area contributed by atoms with Gasteiger partial charge in [-0.1, -0.05) is 0 Å². The second kappa shape index (κ2) is 48.4. The monoisotopic (exact) mass is 394 g/mol. The maximum Gasteiger partial charge on any atom is 0.0689 e. The standard InChI is InChI=1S/3ClH.NO3.H2O.2Rh/c;;;2-1(3)4;;;/h3*1H;;1H2;;/q;;;-1;;;. The second-order valence-electron chi connectivity index (χ2n) is 0.224. The van der Waals surface area contributed by atoms with Crippen LogP contribution in [0.2, 0.25) is 0 Å². The fraction of sp³-hybridized carbons (Fsp3) is 0. The van der Waals surface area contributed by atoms with E-state index in [2.05, 4.69) is 0 Å². The molecule has 0 spiro atoms. The summed E-state index contributed by atoms with van der Waals surface area (Å²) < 4.78 is 0. The zero-order valence-corrected chi connectivity index (χ0v) is 9.79. The minimum absolute atomic E-state index is 0. The summed E-state index contributed by atoms with van der Waals surface area (Å²) in [4.78, 5) is 8.25. The van der Waals surface area contributed by atoms with Crippen LogP contribution in [-0.4, -0.2) is 10.6 Å². The summed E-state index contributed by atoms with van der Waals surface area (Å²) in [5, 5.41) is 14.8. The Kier molecular flexibility index (Phi) is 315. The molecule has 0 aromatic carbocycles. The molecule has 0 amide bonds. The molecule has 10 heteroatoms. The van der Waals surface area contributed by atoms with Crippen LogP contribution in [0, 0.1) is 15.3 Å². The topological polar surface area (TPSA) is 97.7 Å². The van der Waals surface area contributed by atoms with Crippen LogP contribution in [-0.2, 0) is 39.0 Å². The Labute approximate surface area is 101 Å². The molecule has 0 aromatic heterocycles. The van der Waals surface area contributed by atoms with Gasteiger partial charge in [-0.2, -0.15) is 0 Å². The molecule has 5 nitrogen and oxygen atoms in total. The Bertz CT molecular complexity index is 41.5. The fourth-order valence-electron chi connectivity index (χ4n) is 0. The van der Waals surface area contributed by atoms with E-state index >= 15 is 0 Å². The molecule has 2 N–H and O–H groups in total. The summed E-state index contributed by atoms with van der Waals surface area (Å²) in [5.41, 5.74) is 0. The quantitative estimate of drug-likeness (QED) is 0.333. The third-order valence-electron chi connectivity index (χ3n) is 0. The average Bonchev–Trinajstić information content (AvgIpc) is 0.811.